The molecule has 4 nitrogen and oxygen atoms in total. The average Bonchev–Trinajstić information content (AvgIpc) is 1.05. The second-order valence-electron chi connectivity index (χ2n) is 39.7. The monoisotopic (exact) mass is 1700 g/mol. The fourth-order valence-corrected chi connectivity index (χ4v) is 20.3. The maximum Gasteiger partial charge on any atom is 0.136 e. The molecule has 0 radical (unpaired) electrons. The molecule has 0 spiro atoms. The molecule has 0 N–H and O–H groups in total. The molecule has 0 aliphatic rings. The van der Waals surface area contributed by atoms with E-state index in [0.717, 1.165) is 129 Å². The Morgan fingerprint density at radius 1 is 0.197 bits per heavy atom. The number of furan rings is 2. The summed E-state index contributed by atoms with van der Waals surface area (Å²) in [6, 6.07) is 156. The van der Waals surface area contributed by atoms with Crippen LogP contribution in [0.4, 0.5) is 34.1 Å². The van der Waals surface area contributed by atoms with E-state index < -0.39 is 0 Å². The number of fused-ring (bicyclic) bond motifs is 10. The first-order valence-corrected chi connectivity index (χ1v) is 46.4. The summed E-state index contributed by atoms with van der Waals surface area (Å²) in [7, 11) is 0. The first-order valence-electron chi connectivity index (χ1n) is 46.4. The Bertz CT molecular complexity index is 8210. The molecule has 0 saturated heterocycles. The highest BCUT2D eigenvalue weighted by Crippen LogP contribution is 2.52. The first kappa shape index (κ1) is 82.3. The molecular formula is C128H104N2O2. The number of benzene rings is 20. The highest BCUT2D eigenvalue weighted by atomic mass is 16.3. The van der Waals surface area contributed by atoms with Crippen molar-refractivity contribution in [1.82, 2.24) is 0 Å². The van der Waals surface area contributed by atoms with Gasteiger partial charge in [0, 0.05) is 55.4 Å². The largest absolute Gasteiger partial charge is 0.456 e. The lowest BCUT2D eigenvalue weighted by molar-refractivity contribution is 0.518. The number of hydrogen-bond acceptors (Lipinski definition) is 4. The van der Waals surface area contributed by atoms with E-state index in [9.17, 15) is 0 Å². The normalized spacial score (nSPS) is 12.2. The molecule has 2 heterocycles. The molecule has 4 heteroatoms. The van der Waals surface area contributed by atoms with Gasteiger partial charge >= 0.3 is 0 Å². The third-order valence-corrected chi connectivity index (χ3v) is 27.5. The zero-order valence-corrected chi connectivity index (χ0v) is 76.8. The molecule has 22 rings (SSSR count). The first-order chi connectivity index (χ1) is 64.0. The molecule has 0 bridgehead atoms. The van der Waals surface area contributed by atoms with Gasteiger partial charge in [0.25, 0.3) is 0 Å². The van der Waals surface area contributed by atoms with Gasteiger partial charge in [0.15, 0.2) is 0 Å². The topological polar surface area (TPSA) is 32.8 Å². The summed E-state index contributed by atoms with van der Waals surface area (Å²) >= 11 is 0. The molecule has 132 heavy (non-hydrogen) atoms. The van der Waals surface area contributed by atoms with Crippen molar-refractivity contribution in [2.45, 2.75) is 104 Å². The third kappa shape index (κ3) is 15.2. The molecule has 20 aromatic carbocycles. The second kappa shape index (κ2) is 32.7. The van der Waals surface area contributed by atoms with Gasteiger partial charge in [-0.3, -0.25) is 0 Å². The minimum atomic E-state index is -0.296. The van der Waals surface area contributed by atoms with Crippen LogP contribution in [0.2, 0.25) is 0 Å². The van der Waals surface area contributed by atoms with Crippen LogP contribution in [0.1, 0.15) is 104 Å². The van der Waals surface area contributed by atoms with Crippen LogP contribution in [-0.2, 0) is 28.1 Å². The maximum atomic E-state index is 6.47. The van der Waals surface area contributed by atoms with Gasteiger partial charge in [0.2, 0.25) is 0 Å². The Balaban J connectivity index is 0.615. The molecule has 22 aromatic rings. The third-order valence-electron chi connectivity index (χ3n) is 27.5. The Hall–Kier alpha value is -15.4. The summed E-state index contributed by atoms with van der Waals surface area (Å²) in [4.78, 5) is 4.92. The fraction of sp³-hybridized carbons (Fsp3) is 0.125. The molecule has 0 aliphatic heterocycles. The Labute approximate surface area is 774 Å². The van der Waals surface area contributed by atoms with Crippen molar-refractivity contribution in [1.29, 1.82) is 0 Å². The summed E-state index contributed by atoms with van der Waals surface area (Å²) in [5.74, 6) is 0. The van der Waals surface area contributed by atoms with Crippen LogP contribution in [-0.4, -0.2) is 0 Å². The summed E-state index contributed by atoms with van der Waals surface area (Å²) in [6.07, 6.45) is 0.821. The fourth-order valence-electron chi connectivity index (χ4n) is 20.3. The van der Waals surface area contributed by atoms with E-state index in [4.69, 9.17) is 8.83 Å². The predicted molar refractivity (Wildman–Crippen MR) is 563 cm³/mol. The molecule has 0 amide bonds. The van der Waals surface area contributed by atoms with Gasteiger partial charge in [-0.25, -0.2) is 0 Å². The van der Waals surface area contributed by atoms with Crippen molar-refractivity contribution in [2.24, 2.45) is 0 Å². The van der Waals surface area contributed by atoms with Crippen LogP contribution in [0.5, 0.6) is 0 Å². The van der Waals surface area contributed by atoms with E-state index in [-0.39, 0.29) is 21.7 Å². The number of rotatable bonds is 17. The van der Waals surface area contributed by atoms with Crippen molar-refractivity contribution >= 4 is 121 Å². The maximum absolute atomic E-state index is 6.47. The molecule has 0 atom stereocenters. The van der Waals surface area contributed by atoms with E-state index in [2.05, 4.69) is 486 Å². The van der Waals surface area contributed by atoms with Gasteiger partial charge in [-0.05, 0) is 274 Å². The lowest BCUT2D eigenvalue weighted by Crippen LogP contribution is -2.22. The van der Waals surface area contributed by atoms with Crippen molar-refractivity contribution in [3.8, 4) is 89.0 Å². The lowest BCUT2D eigenvalue weighted by Gasteiger charge is -2.30. The number of para-hydroxylation sites is 4. The van der Waals surface area contributed by atoms with Crippen molar-refractivity contribution < 1.29 is 8.83 Å². The average molecular weight is 1700 g/mol. The summed E-state index contributed by atoms with van der Waals surface area (Å²) in [5, 5.41) is 14.2. The van der Waals surface area contributed by atoms with Crippen molar-refractivity contribution in [3.63, 3.8) is 0 Å². The van der Waals surface area contributed by atoms with Gasteiger partial charge in [0.1, 0.15) is 22.3 Å². The van der Waals surface area contributed by atoms with Crippen LogP contribution in [0, 0.1) is 0 Å². The highest BCUT2D eigenvalue weighted by Gasteiger charge is 2.30. The van der Waals surface area contributed by atoms with Gasteiger partial charge in [-0.15, -0.1) is 0 Å². The molecule has 2 aromatic heterocycles. The van der Waals surface area contributed by atoms with Gasteiger partial charge in [0.05, 0.1) is 11.4 Å². The van der Waals surface area contributed by atoms with Gasteiger partial charge in [-0.2, -0.15) is 0 Å². The van der Waals surface area contributed by atoms with Crippen molar-refractivity contribution in [2.75, 3.05) is 9.80 Å². The van der Waals surface area contributed by atoms with Gasteiger partial charge < -0.3 is 18.6 Å². The molecule has 0 fully saturated rings. The van der Waals surface area contributed by atoms with E-state index in [1.54, 1.807) is 0 Å². The smallest absolute Gasteiger partial charge is 0.136 e. The standard InChI is InChI=1S/C128H104N2O2/c1-125(2,3)95-72-93(73-96(79-95)126(4,5)6)107-45-24-31-87-33-27-48-116(123(87)107)110-40-15-19-50-118(110)130(101-64-56-84(57-65-101)90-61-70-114-112-42-17-21-52-120(112)132-122(114)78-90)102-37-22-35-92(76-102)105-44-28-36-91-71-82(53-68-106(91)105)81-128(10,11)98-75-94(74-97(80-98)127(7,8)9)108-46-25-32-88-34-26-47-115(124(88)108)109-39-14-18-49-117(109)129(100-66-58-86(59-67-100)104-43-23-30-85-29-12-13-38-103(85)104)99-62-54-83(55-63-99)89-60-69-113-111-41-16-20-51-119(111)131-121(113)77-89/h12-80H,81H2,1-11H3. The number of nitrogens with zero attached hydrogens (tertiary/aromatic N) is 2. The van der Waals surface area contributed by atoms with Crippen LogP contribution in [0.25, 0.3) is 176 Å². The predicted octanol–water partition coefficient (Wildman–Crippen LogP) is 36.8. The molecular weight excluding hydrogens is 1600 g/mol. The Morgan fingerprint density at radius 3 is 1.05 bits per heavy atom. The summed E-state index contributed by atoms with van der Waals surface area (Å²) < 4.78 is 12.9. The van der Waals surface area contributed by atoms with Crippen LogP contribution < -0.4 is 9.80 Å². The lowest BCUT2D eigenvalue weighted by atomic mass is 9.74. The summed E-state index contributed by atoms with van der Waals surface area (Å²) in [6.45, 7) is 25.9. The van der Waals surface area contributed by atoms with Crippen molar-refractivity contribution in [3.05, 3.63) is 446 Å². The van der Waals surface area contributed by atoms with E-state index in [1.807, 2.05) is 18.2 Å². The minimum absolute atomic E-state index is 0.0549. The van der Waals surface area contributed by atoms with E-state index in [1.165, 1.54) is 115 Å². The Morgan fingerprint density at radius 2 is 0.545 bits per heavy atom. The summed E-state index contributed by atoms with van der Waals surface area (Å²) in [5.41, 5.74) is 34.5. The Kier molecular flexibility index (Phi) is 20.4. The minimum Gasteiger partial charge on any atom is -0.456 e. The highest BCUT2D eigenvalue weighted by molar-refractivity contribution is 6.13. The second-order valence-corrected chi connectivity index (χ2v) is 39.7. The van der Waals surface area contributed by atoms with Gasteiger partial charge in [-0.1, -0.05) is 398 Å². The van der Waals surface area contributed by atoms with Crippen LogP contribution in [0.3, 0.4) is 0 Å². The van der Waals surface area contributed by atoms with E-state index >= 15 is 0 Å². The van der Waals surface area contributed by atoms with Crippen LogP contribution >= 0.6 is 0 Å². The number of hydrogen-bond donors (Lipinski definition) is 0. The van der Waals surface area contributed by atoms with E-state index in [0.29, 0.717) is 0 Å². The number of anilines is 6. The molecule has 0 aliphatic carbocycles. The molecule has 638 valence electrons. The zero-order chi connectivity index (χ0) is 89.9. The SMILES string of the molecule is CC(C)(C)c1cc(-c2cccc3cccc(-c4ccccc4N(c4ccc(-c5ccc6c(c5)oc5ccccc56)cc4)c4cccc(-c5cccc6cc(CC(C)(C)c7cc(-c8cccc9cccc(-c%10ccccc%10N(c%10ccc(-c%11ccc%12c(c%11)oc%11ccccc%11%12)cc%10)c%10ccc(-c%11cccc%12ccccc%11%12)cc%10)c89)cc(C(C)(C)C)c7)ccc56)c4)c23)cc(C(C)(C)C)c1. The van der Waals surface area contributed by atoms with Crippen LogP contribution in [0.15, 0.2) is 427 Å². The zero-order valence-electron chi connectivity index (χ0n) is 76.8. The molecule has 0 unspecified atom stereocenters. The quantitative estimate of drug-likeness (QED) is 0.0910. The molecule has 0 saturated carbocycles.